The molecular weight excluding hydrogens is 404 g/mol. The van der Waals surface area contributed by atoms with E-state index in [9.17, 15) is 9.90 Å². The molecule has 1 saturated carbocycles. The van der Waals surface area contributed by atoms with Crippen LogP contribution in [0.1, 0.15) is 47.2 Å². The molecule has 1 aromatic heterocycles. The molecule has 4 rings (SSSR count). The van der Waals surface area contributed by atoms with E-state index in [4.69, 9.17) is 9.47 Å². The van der Waals surface area contributed by atoms with E-state index in [1.165, 1.54) is 12.8 Å². The van der Waals surface area contributed by atoms with Crippen molar-refractivity contribution in [2.45, 2.75) is 45.3 Å². The Morgan fingerprint density at radius 1 is 1.12 bits per heavy atom. The summed E-state index contributed by atoms with van der Waals surface area (Å²) in [5.41, 5.74) is 4.06. The lowest BCUT2D eigenvalue weighted by atomic mass is 10.1. The molecule has 1 heterocycles. The molecule has 0 unspecified atom stereocenters. The highest BCUT2D eigenvalue weighted by molar-refractivity contribution is 5.89. The maximum atomic E-state index is 11.4. The number of hydrogen-bond donors (Lipinski definition) is 1. The smallest absolute Gasteiger partial charge is 0.335 e. The van der Waals surface area contributed by atoms with Crippen molar-refractivity contribution in [3.8, 4) is 11.5 Å². The summed E-state index contributed by atoms with van der Waals surface area (Å²) in [5.74, 6) is 0.503. The fourth-order valence-corrected chi connectivity index (χ4v) is 4.19. The van der Waals surface area contributed by atoms with Gasteiger partial charge in [-0.25, -0.2) is 4.79 Å². The number of ether oxygens (including phenoxy) is 2. The molecule has 3 aromatic rings. The van der Waals surface area contributed by atoms with Crippen LogP contribution in [0, 0.1) is 6.92 Å². The Bertz CT molecular complexity index is 1080. The van der Waals surface area contributed by atoms with Crippen LogP contribution < -0.4 is 14.4 Å². The molecule has 0 radical (unpaired) electrons. The molecule has 1 fully saturated rings. The number of aromatic carboxylic acids is 1. The molecule has 0 amide bonds. The normalized spacial score (nSPS) is 13.7. The van der Waals surface area contributed by atoms with Crippen molar-refractivity contribution in [3.63, 3.8) is 0 Å². The third-order valence-electron chi connectivity index (χ3n) is 5.85. The second-order valence-electron chi connectivity index (χ2n) is 8.11. The van der Waals surface area contributed by atoms with Crippen LogP contribution in [0.2, 0.25) is 0 Å². The van der Waals surface area contributed by atoms with E-state index >= 15 is 0 Å². The minimum absolute atomic E-state index is 0.211. The van der Waals surface area contributed by atoms with Crippen molar-refractivity contribution in [1.82, 2.24) is 4.98 Å². The summed E-state index contributed by atoms with van der Waals surface area (Å²) < 4.78 is 11.9. The van der Waals surface area contributed by atoms with E-state index in [-0.39, 0.29) is 11.7 Å². The molecule has 6 heteroatoms. The number of aromatic nitrogens is 1. The van der Waals surface area contributed by atoms with E-state index in [0.717, 1.165) is 41.1 Å². The van der Waals surface area contributed by atoms with E-state index < -0.39 is 5.97 Å². The Hall–Kier alpha value is -3.54. The fourth-order valence-electron chi connectivity index (χ4n) is 4.19. The Morgan fingerprint density at radius 3 is 2.59 bits per heavy atom. The van der Waals surface area contributed by atoms with E-state index in [0.29, 0.717) is 12.3 Å². The molecule has 0 saturated heterocycles. The number of carboxylic acids is 1. The molecule has 1 N–H and O–H groups in total. The lowest BCUT2D eigenvalue weighted by Crippen LogP contribution is -2.19. The maximum absolute atomic E-state index is 11.4. The number of aryl methyl sites for hydroxylation is 1. The molecule has 32 heavy (non-hydrogen) atoms. The molecular formula is C26H28N2O4. The lowest BCUT2D eigenvalue weighted by Gasteiger charge is -2.28. The third kappa shape index (κ3) is 4.85. The third-order valence-corrected chi connectivity index (χ3v) is 5.85. The summed E-state index contributed by atoms with van der Waals surface area (Å²) in [6.45, 7) is 2.51. The standard InChI is InChI=1S/C26H28N2O4/c1-18-14-20(26(29)30)9-11-23(18)28(17-19-6-5-13-27-16-19)21-10-12-24(31-2)25(15-21)32-22-7-3-4-8-22/h5-6,9-16,22H,3-4,7-8,17H2,1-2H3,(H,29,30). The number of hydrogen-bond acceptors (Lipinski definition) is 5. The summed E-state index contributed by atoms with van der Waals surface area (Å²) >= 11 is 0. The summed E-state index contributed by atoms with van der Waals surface area (Å²) in [6.07, 6.45) is 8.30. The largest absolute Gasteiger partial charge is 0.493 e. The average molecular weight is 433 g/mol. The highest BCUT2D eigenvalue weighted by Crippen LogP contribution is 2.38. The molecule has 0 bridgehead atoms. The molecule has 0 spiro atoms. The van der Waals surface area contributed by atoms with Gasteiger partial charge in [-0.2, -0.15) is 0 Å². The zero-order chi connectivity index (χ0) is 22.5. The van der Waals surface area contributed by atoms with Crippen LogP contribution >= 0.6 is 0 Å². The van der Waals surface area contributed by atoms with E-state index in [1.807, 2.05) is 49.5 Å². The van der Waals surface area contributed by atoms with Crippen molar-refractivity contribution >= 4 is 17.3 Å². The van der Waals surface area contributed by atoms with Crippen molar-refractivity contribution in [2.24, 2.45) is 0 Å². The summed E-state index contributed by atoms with van der Waals surface area (Å²) in [4.78, 5) is 17.8. The van der Waals surface area contributed by atoms with Crippen molar-refractivity contribution in [1.29, 1.82) is 0 Å². The number of nitrogens with zero attached hydrogens (tertiary/aromatic N) is 2. The van der Waals surface area contributed by atoms with Crippen molar-refractivity contribution in [3.05, 3.63) is 77.6 Å². The van der Waals surface area contributed by atoms with Gasteiger partial charge in [-0.1, -0.05) is 6.07 Å². The van der Waals surface area contributed by atoms with Crippen LogP contribution in [0.15, 0.2) is 60.9 Å². The first-order valence-corrected chi connectivity index (χ1v) is 10.9. The van der Waals surface area contributed by atoms with Crippen molar-refractivity contribution < 1.29 is 19.4 Å². The monoisotopic (exact) mass is 432 g/mol. The highest BCUT2D eigenvalue weighted by atomic mass is 16.5. The quantitative estimate of drug-likeness (QED) is 0.488. The van der Waals surface area contributed by atoms with Gasteiger partial charge in [0.05, 0.1) is 18.8 Å². The number of methoxy groups -OCH3 is 1. The summed E-state index contributed by atoms with van der Waals surface area (Å²) in [6, 6.07) is 15.1. The number of pyridine rings is 1. The minimum Gasteiger partial charge on any atom is -0.493 e. The number of carbonyl (C=O) groups is 1. The van der Waals surface area contributed by atoms with Crippen LogP contribution in [-0.4, -0.2) is 29.3 Å². The number of anilines is 2. The molecule has 1 aliphatic rings. The van der Waals surface area contributed by atoms with Crippen LogP contribution in [0.25, 0.3) is 0 Å². The van der Waals surface area contributed by atoms with Gasteiger partial charge in [-0.05, 0) is 80.1 Å². The first-order chi connectivity index (χ1) is 15.5. The van der Waals surface area contributed by atoms with Gasteiger partial charge in [0, 0.05) is 36.4 Å². The number of rotatable bonds is 8. The minimum atomic E-state index is -0.935. The van der Waals surface area contributed by atoms with Crippen LogP contribution in [0.5, 0.6) is 11.5 Å². The number of carboxylic acid groups (broad SMARTS) is 1. The zero-order valence-corrected chi connectivity index (χ0v) is 18.5. The lowest BCUT2D eigenvalue weighted by molar-refractivity contribution is 0.0697. The van der Waals surface area contributed by atoms with Crippen molar-refractivity contribution in [2.75, 3.05) is 12.0 Å². The van der Waals surface area contributed by atoms with Gasteiger partial charge in [0.15, 0.2) is 11.5 Å². The fraction of sp³-hybridized carbons (Fsp3) is 0.308. The Kier molecular flexibility index (Phi) is 6.59. The van der Waals surface area contributed by atoms with Crippen LogP contribution in [0.3, 0.4) is 0 Å². The van der Waals surface area contributed by atoms with Gasteiger partial charge >= 0.3 is 5.97 Å². The highest BCUT2D eigenvalue weighted by Gasteiger charge is 2.21. The summed E-state index contributed by atoms with van der Waals surface area (Å²) in [7, 11) is 1.65. The Morgan fingerprint density at radius 2 is 1.94 bits per heavy atom. The second kappa shape index (κ2) is 9.73. The van der Waals surface area contributed by atoms with Crippen LogP contribution in [0.4, 0.5) is 11.4 Å². The van der Waals surface area contributed by atoms with E-state index in [1.54, 1.807) is 25.4 Å². The molecule has 166 valence electrons. The second-order valence-corrected chi connectivity index (χ2v) is 8.11. The first-order valence-electron chi connectivity index (χ1n) is 10.9. The molecule has 2 aromatic carbocycles. The van der Waals surface area contributed by atoms with Gasteiger partial charge in [0.2, 0.25) is 0 Å². The van der Waals surface area contributed by atoms with Gasteiger partial charge in [0.1, 0.15) is 0 Å². The summed E-state index contributed by atoms with van der Waals surface area (Å²) in [5, 5.41) is 9.37. The topological polar surface area (TPSA) is 71.9 Å². The predicted molar refractivity (Wildman–Crippen MR) is 124 cm³/mol. The number of benzene rings is 2. The maximum Gasteiger partial charge on any atom is 0.335 e. The van der Waals surface area contributed by atoms with E-state index in [2.05, 4.69) is 9.88 Å². The first kappa shape index (κ1) is 21.7. The van der Waals surface area contributed by atoms with Gasteiger partial charge in [-0.3, -0.25) is 4.98 Å². The molecule has 6 nitrogen and oxygen atoms in total. The predicted octanol–water partition coefficient (Wildman–Crippen LogP) is 5.76. The molecule has 0 aliphatic heterocycles. The van der Waals surface area contributed by atoms with Gasteiger partial charge in [0.25, 0.3) is 0 Å². The molecule has 1 aliphatic carbocycles. The zero-order valence-electron chi connectivity index (χ0n) is 18.5. The van der Waals surface area contributed by atoms with Gasteiger partial charge < -0.3 is 19.5 Å². The van der Waals surface area contributed by atoms with Gasteiger partial charge in [-0.15, -0.1) is 0 Å². The average Bonchev–Trinajstić information content (AvgIpc) is 3.31. The van der Waals surface area contributed by atoms with Crippen LogP contribution in [-0.2, 0) is 6.54 Å². The molecule has 0 atom stereocenters. The SMILES string of the molecule is COc1ccc(N(Cc2cccnc2)c2ccc(C(=O)O)cc2C)cc1OC1CCCC1. The Labute approximate surface area is 188 Å². The Balaban J connectivity index is 1.75.